The van der Waals surface area contributed by atoms with Crippen LogP contribution in [0.1, 0.15) is 48.0 Å². The molecule has 22 heavy (non-hydrogen) atoms. The van der Waals surface area contributed by atoms with Crippen molar-refractivity contribution in [3.63, 3.8) is 0 Å². The Bertz CT molecular complexity index is 722. The number of fused-ring (bicyclic) bond motifs is 1. The van der Waals surface area contributed by atoms with Crippen molar-refractivity contribution in [1.29, 1.82) is 0 Å². The Morgan fingerprint density at radius 3 is 2.68 bits per heavy atom. The van der Waals surface area contributed by atoms with E-state index >= 15 is 0 Å². The van der Waals surface area contributed by atoms with E-state index in [-0.39, 0.29) is 0 Å². The third kappa shape index (κ3) is 1.51. The van der Waals surface area contributed by atoms with Gasteiger partial charge in [0.15, 0.2) is 17.9 Å². The lowest BCUT2D eigenvalue weighted by Crippen LogP contribution is -2.59. The Labute approximate surface area is 130 Å². The fraction of sp³-hybridized carbons (Fsp3) is 0.368. The number of carbonyl (C=O) groups is 1. The molecule has 0 saturated carbocycles. The number of hydrogen-bond acceptors (Lipinski definition) is 1. The molecule has 6 rings (SSSR count). The second-order valence-electron chi connectivity index (χ2n) is 6.65. The van der Waals surface area contributed by atoms with Gasteiger partial charge in [-0.25, -0.2) is 0 Å². The standard InChI is InChI=1S/C19H19N2O/c22-18-9-5-11-21(18)17-12-16-13-6-1-2-7-14(13)19(17)15-8-3-4-10-20(15)16/h1-4,6-8,10,16-17,19H,5,9,11-12H2/q+1/t16-,17-,19-/m0/s1. The molecule has 0 spiro atoms. The summed E-state index contributed by atoms with van der Waals surface area (Å²) in [6.45, 7) is 0.932. The first kappa shape index (κ1) is 12.4. The maximum Gasteiger partial charge on any atom is 0.222 e. The van der Waals surface area contributed by atoms with Crippen molar-refractivity contribution in [3.05, 3.63) is 65.5 Å². The highest BCUT2D eigenvalue weighted by atomic mass is 16.2. The van der Waals surface area contributed by atoms with Crippen molar-refractivity contribution in [2.45, 2.75) is 37.3 Å². The molecule has 1 aromatic carbocycles. The van der Waals surface area contributed by atoms with Gasteiger partial charge < -0.3 is 4.90 Å². The zero-order valence-corrected chi connectivity index (χ0v) is 12.5. The van der Waals surface area contributed by atoms with E-state index in [4.69, 9.17) is 0 Å². The SMILES string of the molecule is O=C1CCCN1[C@H]1C[C@H]2c3ccccc3[C@H]1c1cccc[n+]12. The number of rotatable bonds is 1. The van der Waals surface area contributed by atoms with Crippen molar-refractivity contribution in [2.75, 3.05) is 6.54 Å². The van der Waals surface area contributed by atoms with Crippen LogP contribution in [0.5, 0.6) is 0 Å². The van der Waals surface area contributed by atoms with E-state index in [2.05, 4.69) is 58.1 Å². The van der Waals surface area contributed by atoms with Crippen molar-refractivity contribution < 1.29 is 9.36 Å². The van der Waals surface area contributed by atoms with Crippen LogP contribution in [0.4, 0.5) is 0 Å². The van der Waals surface area contributed by atoms with E-state index in [0.29, 0.717) is 23.9 Å². The van der Waals surface area contributed by atoms with E-state index in [9.17, 15) is 4.79 Å². The third-order valence-electron chi connectivity index (χ3n) is 5.63. The van der Waals surface area contributed by atoms with Gasteiger partial charge in [0, 0.05) is 37.1 Å². The molecule has 2 aromatic rings. The van der Waals surface area contributed by atoms with Crippen LogP contribution in [0.15, 0.2) is 48.7 Å². The molecule has 0 radical (unpaired) electrons. The van der Waals surface area contributed by atoms with Gasteiger partial charge in [0.05, 0.1) is 12.0 Å². The van der Waals surface area contributed by atoms with Crippen molar-refractivity contribution in [1.82, 2.24) is 4.90 Å². The second-order valence-corrected chi connectivity index (χ2v) is 6.65. The monoisotopic (exact) mass is 291 g/mol. The molecule has 2 bridgehead atoms. The van der Waals surface area contributed by atoms with Gasteiger partial charge in [-0.15, -0.1) is 0 Å². The number of likely N-dealkylation sites (tertiary alicyclic amines) is 1. The Morgan fingerprint density at radius 1 is 1.05 bits per heavy atom. The van der Waals surface area contributed by atoms with Crippen molar-refractivity contribution in [3.8, 4) is 0 Å². The van der Waals surface area contributed by atoms with Crippen LogP contribution in [-0.4, -0.2) is 23.4 Å². The van der Waals surface area contributed by atoms with Gasteiger partial charge in [-0.05, 0) is 12.0 Å². The fourth-order valence-electron chi connectivity index (χ4n) is 4.76. The van der Waals surface area contributed by atoms with Crippen LogP contribution in [0.3, 0.4) is 0 Å². The number of pyridine rings is 1. The number of benzene rings is 1. The summed E-state index contributed by atoms with van der Waals surface area (Å²) < 4.78 is 2.42. The zero-order chi connectivity index (χ0) is 14.7. The number of amides is 1. The summed E-state index contributed by atoms with van der Waals surface area (Å²) in [5.74, 6) is 0.668. The van der Waals surface area contributed by atoms with Crippen LogP contribution < -0.4 is 4.57 Å². The summed E-state index contributed by atoms with van der Waals surface area (Å²) in [6.07, 6.45) is 4.99. The minimum Gasteiger partial charge on any atom is -0.338 e. The molecule has 1 saturated heterocycles. The molecule has 3 heteroatoms. The average molecular weight is 291 g/mol. The molecule has 0 N–H and O–H groups in total. The highest BCUT2D eigenvalue weighted by Gasteiger charge is 2.52. The smallest absolute Gasteiger partial charge is 0.222 e. The van der Waals surface area contributed by atoms with Gasteiger partial charge in [0.1, 0.15) is 0 Å². The van der Waals surface area contributed by atoms with Gasteiger partial charge in [0.25, 0.3) is 0 Å². The highest BCUT2D eigenvalue weighted by Crippen LogP contribution is 2.47. The number of hydrogen-bond donors (Lipinski definition) is 0. The summed E-state index contributed by atoms with van der Waals surface area (Å²) in [5, 5.41) is 0. The Balaban J connectivity index is 1.70. The van der Waals surface area contributed by atoms with Gasteiger partial charge >= 0.3 is 0 Å². The zero-order valence-electron chi connectivity index (χ0n) is 12.5. The predicted octanol–water partition coefficient (Wildman–Crippen LogP) is 2.40. The normalized spacial score (nSPS) is 28.6. The van der Waals surface area contributed by atoms with E-state index < -0.39 is 0 Å². The van der Waals surface area contributed by atoms with E-state index in [1.54, 1.807) is 0 Å². The molecule has 3 atom stereocenters. The third-order valence-corrected chi connectivity index (χ3v) is 5.63. The predicted molar refractivity (Wildman–Crippen MR) is 82.4 cm³/mol. The lowest BCUT2D eigenvalue weighted by Gasteiger charge is -2.43. The molecule has 1 amide bonds. The van der Waals surface area contributed by atoms with Crippen molar-refractivity contribution in [2.24, 2.45) is 0 Å². The van der Waals surface area contributed by atoms with Gasteiger partial charge in [-0.2, -0.15) is 4.57 Å². The van der Waals surface area contributed by atoms with Crippen LogP contribution in [-0.2, 0) is 4.79 Å². The summed E-state index contributed by atoms with van der Waals surface area (Å²) in [5.41, 5.74) is 4.23. The minimum atomic E-state index is 0.324. The first-order chi connectivity index (χ1) is 10.8. The second kappa shape index (κ2) is 4.42. The number of nitrogens with zero attached hydrogens (tertiary/aromatic N) is 2. The van der Waals surface area contributed by atoms with Crippen molar-refractivity contribution >= 4 is 5.91 Å². The molecule has 1 fully saturated rings. The molecule has 0 unspecified atom stereocenters. The molecule has 4 heterocycles. The summed E-state index contributed by atoms with van der Waals surface area (Å²) in [6, 6.07) is 16.0. The molecule has 4 aliphatic rings. The van der Waals surface area contributed by atoms with Gasteiger partial charge in [0.2, 0.25) is 5.91 Å². The minimum absolute atomic E-state index is 0.324. The molecule has 110 valence electrons. The number of aromatic nitrogens is 1. The molecular weight excluding hydrogens is 272 g/mol. The lowest BCUT2D eigenvalue weighted by atomic mass is 9.70. The Kier molecular flexibility index (Phi) is 2.49. The topological polar surface area (TPSA) is 24.2 Å². The molecular formula is C19H19N2O+. The first-order valence-corrected chi connectivity index (χ1v) is 8.23. The van der Waals surface area contributed by atoms with Crippen LogP contribution >= 0.6 is 0 Å². The quantitative estimate of drug-likeness (QED) is 0.740. The molecule has 1 aromatic heterocycles. The van der Waals surface area contributed by atoms with E-state index in [0.717, 1.165) is 25.8 Å². The maximum atomic E-state index is 12.3. The molecule has 3 aliphatic heterocycles. The highest BCUT2D eigenvalue weighted by molar-refractivity contribution is 5.78. The van der Waals surface area contributed by atoms with Crippen LogP contribution in [0.25, 0.3) is 0 Å². The number of carbonyl (C=O) groups excluding carboxylic acids is 1. The molecule has 1 aliphatic carbocycles. The lowest BCUT2D eigenvalue weighted by molar-refractivity contribution is -0.731. The fourth-order valence-corrected chi connectivity index (χ4v) is 4.76. The van der Waals surface area contributed by atoms with Crippen LogP contribution in [0.2, 0.25) is 0 Å². The Morgan fingerprint density at radius 2 is 1.86 bits per heavy atom. The van der Waals surface area contributed by atoms with E-state index in [1.165, 1.54) is 16.8 Å². The summed E-state index contributed by atoms with van der Waals surface area (Å²) >= 11 is 0. The van der Waals surface area contributed by atoms with Gasteiger partial charge in [-0.1, -0.05) is 30.3 Å². The Hall–Kier alpha value is -2.16. The van der Waals surface area contributed by atoms with E-state index in [1.807, 2.05) is 0 Å². The largest absolute Gasteiger partial charge is 0.338 e. The van der Waals surface area contributed by atoms with Gasteiger partial charge in [-0.3, -0.25) is 4.79 Å². The summed E-state index contributed by atoms with van der Waals surface area (Å²) in [7, 11) is 0. The molecule has 3 nitrogen and oxygen atoms in total. The first-order valence-electron chi connectivity index (χ1n) is 8.23. The van der Waals surface area contributed by atoms with Crippen LogP contribution in [0, 0.1) is 0 Å². The maximum absolute atomic E-state index is 12.3. The summed E-state index contributed by atoms with van der Waals surface area (Å²) in [4.78, 5) is 14.4. The average Bonchev–Trinajstić information content (AvgIpc) is 3.01.